The van der Waals surface area contributed by atoms with E-state index in [2.05, 4.69) is 20.9 Å². The highest BCUT2D eigenvalue weighted by atomic mass is 79.9. The van der Waals surface area contributed by atoms with Crippen LogP contribution in [0.25, 0.3) is 6.08 Å². The number of allylic oxidation sites excluding steroid dienone is 1. The molecule has 0 aliphatic carbocycles. The van der Waals surface area contributed by atoms with Crippen molar-refractivity contribution in [3.63, 3.8) is 0 Å². The highest BCUT2D eigenvalue weighted by molar-refractivity contribution is 9.10. The summed E-state index contributed by atoms with van der Waals surface area (Å²) in [6.45, 7) is 11.5. The van der Waals surface area contributed by atoms with Gasteiger partial charge in [-0.3, -0.25) is 9.36 Å². The minimum Gasteiger partial charge on any atom is -0.493 e. The summed E-state index contributed by atoms with van der Waals surface area (Å²) in [5, 5.41) is 0. The Morgan fingerprint density at radius 1 is 1.07 bits per heavy atom. The topological polar surface area (TPSA) is 88.4 Å². The number of rotatable bonds is 9. The number of aromatic nitrogens is 1. The first kappa shape index (κ1) is 29.6. The number of thiazole rings is 1. The van der Waals surface area contributed by atoms with Crippen molar-refractivity contribution in [1.29, 1.82) is 0 Å². The normalized spacial score (nSPS) is 15.2. The van der Waals surface area contributed by atoms with Crippen LogP contribution in [0.4, 0.5) is 0 Å². The standard InChI is InChI=1S/C30H33BrN2O6S/c1-8-37-29(35)26-18(6)32-30-33(27(26)20-10-12-23(39-17(4)5)24(15-20)36-7)28(34)25(40-30)14-19-9-11-22(21(31)13-19)38-16(2)3/h9-17,27H,8H2,1-7H3/b25-14+/t27-/m1/s1. The Bertz CT molecular complexity index is 1640. The number of hydrogen-bond donors (Lipinski definition) is 0. The average molecular weight is 630 g/mol. The Balaban J connectivity index is 1.89. The second-order valence-corrected chi connectivity index (χ2v) is 11.6. The van der Waals surface area contributed by atoms with E-state index in [4.69, 9.17) is 18.9 Å². The molecule has 0 saturated carbocycles. The van der Waals surface area contributed by atoms with E-state index in [0.29, 0.717) is 37.7 Å². The van der Waals surface area contributed by atoms with Gasteiger partial charge < -0.3 is 18.9 Å². The highest BCUT2D eigenvalue weighted by Gasteiger charge is 2.34. The third-order valence-electron chi connectivity index (χ3n) is 6.00. The first-order chi connectivity index (χ1) is 19.0. The first-order valence-corrected chi connectivity index (χ1v) is 14.6. The minimum atomic E-state index is -0.756. The largest absolute Gasteiger partial charge is 0.493 e. The van der Waals surface area contributed by atoms with Gasteiger partial charge >= 0.3 is 5.97 Å². The van der Waals surface area contributed by atoms with Gasteiger partial charge in [0.05, 0.1) is 52.2 Å². The molecule has 0 amide bonds. The zero-order valence-electron chi connectivity index (χ0n) is 23.6. The number of methoxy groups -OCH3 is 1. The Labute approximate surface area is 245 Å². The van der Waals surface area contributed by atoms with Crippen molar-refractivity contribution in [3.8, 4) is 17.2 Å². The Kier molecular flexibility index (Phi) is 9.20. The summed E-state index contributed by atoms with van der Waals surface area (Å²) in [5.41, 5.74) is 2.04. The molecular weight excluding hydrogens is 596 g/mol. The zero-order chi connectivity index (χ0) is 29.1. The number of hydrogen-bond acceptors (Lipinski definition) is 8. The fourth-order valence-corrected chi connectivity index (χ4v) is 5.96. The lowest BCUT2D eigenvalue weighted by molar-refractivity contribution is -0.139. The van der Waals surface area contributed by atoms with E-state index in [9.17, 15) is 9.59 Å². The van der Waals surface area contributed by atoms with Crippen molar-refractivity contribution in [2.24, 2.45) is 4.99 Å². The summed E-state index contributed by atoms with van der Waals surface area (Å²) >= 11 is 4.83. The van der Waals surface area contributed by atoms with Gasteiger partial charge in [-0.05, 0) is 98.9 Å². The number of ether oxygens (including phenoxy) is 4. The summed E-state index contributed by atoms with van der Waals surface area (Å²) in [6, 6.07) is 10.3. The lowest BCUT2D eigenvalue weighted by Crippen LogP contribution is -2.40. The lowest BCUT2D eigenvalue weighted by Gasteiger charge is -2.25. The molecule has 0 spiro atoms. The molecule has 1 aliphatic rings. The minimum absolute atomic E-state index is 0.0345. The van der Waals surface area contributed by atoms with Crippen LogP contribution in [0, 0.1) is 0 Å². The van der Waals surface area contributed by atoms with Gasteiger partial charge in [0, 0.05) is 0 Å². The molecule has 1 aromatic heterocycles. The summed E-state index contributed by atoms with van der Waals surface area (Å²) < 4.78 is 25.5. The van der Waals surface area contributed by atoms with E-state index in [1.54, 1.807) is 37.7 Å². The van der Waals surface area contributed by atoms with Crippen LogP contribution in [-0.4, -0.2) is 36.5 Å². The van der Waals surface area contributed by atoms with E-state index >= 15 is 0 Å². The summed E-state index contributed by atoms with van der Waals surface area (Å²) in [7, 11) is 1.56. The maximum Gasteiger partial charge on any atom is 0.338 e. The monoisotopic (exact) mass is 628 g/mol. The van der Waals surface area contributed by atoms with Gasteiger partial charge in [-0.2, -0.15) is 0 Å². The molecule has 0 fully saturated rings. The smallest absolute Gasteiger partial charge is 0.338 e. The number of halogens is 1. The van der Waals surface area contributed by atoms with Gasteiger partial charge in [0.25, 0.3) is 5.56 Å². The molecular formula is C30H33BrN2O6S. The number of carbonyl (C=O) groups is 1. The number of carbonyl (C=O) groups excluding carboxylic acids is 1. The maximum atomic E-state index is 13.9. The number of benzene rings is 2. The second kappa shape index (κ2) is 12.4. The van der Waals surface area contributed by atoms with E-state index in [1.165, 1.54) is 11.3 Å². The summed E-state index contributed by atoms with van der Waals surface area (Å²) in [5.74, 6) is 1.28. The summed E-state index contributed by atoms with van der Waals surface area (Å²) in [6.07, 6.45) is 1.79. The van der Waals surface area contributed by atoms with Gasteiger partial charge in [0.2, 0.25) is 0 Å². The van der Waals surface area contributed by atoms with Gasteiger partial charge in [0.1, 0.15) is 5.75 Å². The van der Waals surface area contributed by atoms with E-state index in [0.717, 1.165) is 15.8 Å². The molecule has 8 nitrogen and oxygen atoms in total. The van der Waals surface area contributed by atoms with Crippen LogP contribution in [-0.2, 0) is 9.53 Å². The molecule has 3 aromatic rings. The van der Waals surface area contributed by atoms with Crippen molar-refractivity contribution in [3.05, 3.63) is 83.0 Å². The van der Waals surface area contributed by atoms with Gasteiger partial charge in [0.15, 0.2) is 16.3 Å². The first-order valence-electron chi connectivity index (χ1n) is 13.0. The van der Waals surface area contributed by atoms with Crippen molar-refractivity contribution in [2.45, 2.75) is 59.8 Å². The molecule has 40 heavy (non-hydrogen) atoms. The van der Waals surface area contributed by atoms with Gasteiger partial charge in [-0.25, -0.2) is 9.79 Å². The van der Waals surface area contributed by atoms with E-state index in [-0.39, 0.29) is 24.4 Å². The van der Waals surface area contributed by atoms with Crippen LogP contribution < -0.4 is 29.1 Å². The van der Waals surface area contributed by atoms with Crippen LogP contribution in [0.5, 0.6) is 17.2 Å². The van der Waals surface area contributed by atoms with Crippen molar-refractivity contribution in [2.75, 3.05) is 13.7 Å². The Morgan fingerprint density at radius 3 is 2.38 bits per heavy atom. The van der Waals surface area contributed by atoms with Crippen molar-refractivity contribution >= 4 is 39.3 Å². The van der Waals surface area contributed by atoms with E-state index < -0.39 is 12.0 Å². The molecule has 0 saturated heterocycles. The molecule has 212 valence electrons. The Morgan fingerprint density at radius 2 is 1.75 bits per heavy atom. The SMILES string of the molecule is CCOC(=O)C1=C(C)N=c2s/c(=C/c3ccc(OC(C)C)c(Br)c3)c(=O)n2[C@@H]1c1ccc(OC(C)C)c(OC)c1. The van der Waals surface area contributed by atoms with Gasteiger partial charge in [-0.15, -0.1) is 0 Å². The van der Waals surface area contributed by atoms with E-state index in [1.807, 2.05) is 58.0 Å². The van der Waals surface area contributed by atoms with Crippen molar-refractivity contribution < 1.29 is 23.7 Å². The predicted molar refractivity (Wildman–Crippen MR) is 159 cm³/mol. The molecule has 2 aromatic carbocycles. The van der Waals surface area contributed by atoms with Crippen LogP contribution in [0.15, 0.2) is 61.9 Å². The van der Waals surface area contributed by atoms with Crippen LogP contribution >= 0.6 is 27.3 Å². The number of esters is 1. The highest BCUT2D eigenvalue weighted by Crippen LogP contribution is 2.36. The molecule has 0 N–H and O–H groups in total. The Hall–Kier alpha value is -3.37. The summed E-state index contributed by atoms with van der Waals surface area (Å²) in [4.78, 5) is 32.2. The molecule has 1 aliphatic heterocycles. The average Bonchev–Trinajstić information content (AvgIpc) is 3.18. The molecule has 0 unspecified atom stereocenters. The molecule has 2 heterocycles. The van der Waals surface area contributed by atoms with Crippen LogP contribution in [0.1, 0.15) is 58.7 Å². The number of fused-ring (bicyclic) bond motifs is 1. The molecule has 4 rings (SSSR count). The third kappa shape index (κ3) is 6.18. The lowest BCUT2D eigenvalue weighted by atomic mass is 9.95. The molecule has 0 bridgehead atoms. The van der Waals surface area contributed by atoms with Crippen molar-refractivity contribution in [1.82, 2.24) is 4.57 Å². The van der Waals surface area contributed by atoms with Crippen LogP contribution in [0.2, 0.25) is 0 Å². The second-order valence-electron chi connectivity index (χ2n) is 9.74. The molecule has 0 radical (unpaired) electrons. The maximum absolute atomic E-state index is 13.9. The van der Waals surface area contributed by atoms with Gasteiger partial charge in [-0.1, -0.05) is 23.5 Å². The zero-order valence-corrected chi connectivity index (χ0v) is 26.0. The number of nitrogens with zero attached hydrogens (tertiary/aromatic N) is 2. The fraction of sp³-hybridized carbons (Fsp3) is 0.367. The third-order valence-corrected chi connectivity index (χ3v) is 7.60. The predicted octanol–water partition coefficient (Wildman–Crippen LogP) is 5.14. The quantitative estimate of drug-likeness (QED) is 0.305. The van der Waals surface area contributed by atoms with Crippen LogP contribution in [0.3, 0.4) is 0 Å². The fourth-order valence-electron chi connectivity index (χ4n) is 4.42. The molecule has 10 heteroatoms. The molecule has 1 atom stereocenters.